The summed E-state index contributed by atoms with van der Waals surface area (Å²) in [4.78, 5) is 4.35. The molecule has 1 aliphatic carbocycles. The first-order chi connectivity index (χ1) is 12.7. The van der Waals surface area contributed by atoms with Gasteiger partial charge in [0, 0.05) is 25.6 Å². The Morgan fingerprint density at radius 2 is 1.85 bits per heavy atom. The van der Waals surface area contributed by atoms with Crippen LogP contribution in [0.2, 0.25) is 0 Å². The zero-order chi connectivity index (χ0) is 18.5. The lowest BCUT2D eigenvalue weighted by molar-refractivity contribution is 0.354. The standard InChI is InChI=1S/C21H27N3O2.HI/c1-14-7-5-6-8-16(14)17-12-18(17)24-21(22-2)23-13-15-9-10-19(25-3)20(11-15)26-4;/h5-11,17-18H,12-13H2,1-4H3,(H2,22,23,24);1H. The third kappa shape index (κ3) is 5.28. The van der Waals surface area contributed by atoms with Gasteiger partial charge in [0.15, 0.2) is 17.5 Å². The summed E-state index contributed by atoms with van der Waals surface area (Å²) in [5.41, 5.74) is 3.90. The third-order valence-electron chi connectivity index (χ3n) is 4.83. The number of ether oxygens (including phenoxy) is 2. The van der Waals surface area contributed by atoms with Crippen LogP contribution in [0.3, 0.4) is 0 Å². The van der Waals surface area contributed by atoms with Crippen molar-refractivity contribution in [2.45, 2.75) is 31.8 Å². The van der Waals surface area contributed by atoms with Crippen LogP contribution in [0.25, 0.3) is 0 Å². The van der Waals surface area contributed by atoms with Gasteiger partial charge < -0.3 is 20.1 Å². The van der Waals surface area contributed by atoms with Gasteiger partial charge in [-0.05, 0) is 42.2 Å². The van der Waals surface area contributed by atoms with E-state index in [2.05, 4.69) is 46.8 Å². The summed E-state index contributed by atoms with van der Waals surface area (Å²) in [5.74, 6) is 2.85. The van der Waals surface area contributed by atoms with Crippen LogP contribution in [0.15, 0.2) is 47.5 Å². The quantitative estimate of drug-likeness (QED) is 0.374. The van der Waals surface area contributed by atoms with E-state index in [0.717, 1.165) is 29.4 Å². The van der Waals surface area contributed by atoms with Crippen molar-refractivity contribution >= 4 is 29.9 Å². The lowest BCUT2D eigenvalue weighted by Gasteiger charge is -2.14. The Labute approximate surface area is 178 Å². The third-order valence-corrected chi connectivity index (χ3v) is 4.83. The molecule has 2 N–H and O–H groups in total. The molecular formula is C21H28IN3O2. The normalized spacial score (nSPS) is 18.3. The molecule has 0 bridgehead atoms. The second-order valence-electron chi connectivity index (χ2n) is 6.56. The predicted octanol–water partition coefficient (Wildman–Crippen LogP) is 3.85. The molecule has 2 aromatic rings. The number of hydrogen-bond acceptors (Lipinski definition) is 3. The van der Waals surface area contributed by atoms with Gasteiger partial charge in [0.1, 0.15) is 0 Å². The first kappa shape index (κ1) is 21.3. The van der Waals surface area contributed by atoms with Gasteiger partial charge in [-0.3, -0.25) is 4.99 Å². The van der Waals surface area contributed by atoms with E-state index in [1.165, 1.54) is 11.1 Å². The van der Waals surface area contributed by atoms with E-state index in [4.69, 9.17) is 9.47 Å². The van der Waals surface area contributed by atoms with Gasteiger partial charge in [0.05, 0.1) is 14.2 Å². The second-order valence-corrected chi connectivity index (χ2v) is 6.56. The highest BCUT2D eigenvalue weighted by Gasteiger charge is 2.39. The van der Waals surface area contributed by atoms with Crippen LogP contribution in [0, 0.1) is 6.92 Å². The summed E-state index contributed by atoms with van der Waals surface area (Å²) in [6.07, 6.45) is 1.14. The molecule has 0 aliphatic heterocycles. The van der Waals surface area contributed by atoms with Crippen molar-refractivity contribution in [1.82, 2.24) is 10.6 Å². The Balaban J connectivity index is 0.00000261. The summed E-state index contributed by atoms with van der Waals surface area (Å²) >= 11 is 0. The molecule has 6 heteroatoms. The summed E-state index contributed by atoms with van der Waals surface area (Å²) in [6.45, 7) is 2.84. The highest BCUT2D eigenvalue weighted by Crippen LogP contribution is 2.42. The van der Waals surface area contributed by atoms with Gasteiger partial charge in [0.25, 0.3) is 0 Å². The summed E-state index contributed by atoms with van der Waals surface area (Å²) in [7, 11) is 5.09. The van der Waals surface area contributed by atoms with Crippen LogP contribution in [0.5, 0.6) is 11.5 Å². The molecule has 0 amide bonds. The van der Waals surface area contributed by atoms with Gasteiger partial charge >= 0.3 is 0 Å². The second kappa shape index (κ2) is 9.82. The number of aliphatic imine (C=N–C) groups is 1. The van der Waals surface area contributed by atoms with Gasteiger partial charge in [0.2, 0.25) is 0 Å². The van der Waals surface area contributed by atoms with Crippen LogP contribution < -0.4 is 20.1 Å². The van der Waals surface area contributed by atoms with Crippen molar-refractivity contribution in [3.8, 4) is 11.5 Å². The lowest BCUT2D eigenvalue weighted by Crippen LogP contribution is -2.38. The number of rotatable bonds is 6. The maximum Gasteiger partial charge on any atom is 0.191 e. The van der Waals surface area contributed by atoms with E-state index < -0.39 is 0 Å². The average Bonchev–Trinajstić information content (AvgIpc) is 3.44. The molecule has 1 aliphatic rings. The molecular weight excluding hydrogens is 453 g/mol. The molecule has 5 nitrogen and oxygen atoms in total. The minimum absolute atomic E-state index is 0. The van der Waals surface area contributed by atoms with Gasteiger partial charge in [-0.25, -0.2) is 0 Å². The minimum atomic E-state index is 0. The monoisotopic (exact) mass is 481 g/mol. The van der Waals surface area contributed by atoms with Gasteiger partial charge in [-0.15, -0.1) is 24.0 Å². The zero-order valence-corrected chi connectivity index (χ0v) is 18.6. The Bertz CT molecular complexity index is 795. The number of methoxy groups -OCH3 is 2. The number of guanidine groups is 1. The number of halogens is 1. The van der Waals surface area contributed by atoms with Gasteiger partial charge in [-0.1, -0.05) is 30.3 Å². The number of nitrogens with zero attached hydrogens (tertiary/aromatic N) is 1. The van der Waals surface area contributed by atoms with E-state index in [-0.39, 0.29) is 24.0 Å². The Hall–Kier alpha value is -1.96. The zero-order valence-electron chi connectivity index (χ0n) is 16.3. The highest BCUT2D eigenvalue weighted by molar-refractivity contribution is 14.0. The lowest BCUT2D eigenvalue weighted by atomic mass is 10.0. The first-order valence-corrected chi connectivity index (χ1v) is 8.90. The van der Waals surface area contributed by atoms with E-state index in [1.54, 1.807) is 21.3 Å². The molecule has 0 aromatic heterocycles. The van der Waals surface area contributed by atoms with E-state index in [9.17, 15) is 0 Å². The minimum Gasteiger partial charge on any atom is -0.493 e. The van der Waals surface area contributed by atoms with Crippen LogP contribution in [-0.4, -0.2) is 33.3 Å². The van der Waals surface area contributed by atoms with Crippen LogP contribution >= 0.6 is 24.0 Å². The number of nitrogens with one attached hydrogen (secondary N) is 2. The van der Waals surface area contributed by atoms with Crippen molar-refractivity contribution < 1.29 is 9.47 Å². The van der Waals surface area contributed by atoms with E-state index in [0.29, 0.717) is 18.5 Å². The smallest absolute Gasteiger partial charge is 0.191 e. The van der Waals surface area contributed by atoms with Crippen molar-refractivity contribution in [2.24, 2.45) is 4.99 Å². The molecule has 1 saturated carbocycles. The molecule has 2 aromatic carbocycles. The SMILES string of the molecule is CN=C(NCc1ccc(OC)c(OC)c1)NC1CC1c1ccccc1C.I. The topological polar surface area (TPSA) is 54.9 Å². The number of benzene rings is 2. The fourth-order valence-corrected chi connectivity index (χ4v) is 3.25. The van der Waals surface area contributed by atoms with Crippen molar-refractivity contribution in [2.75, 3.05) is 21.3 Å². The van der Waals surface area contributed by atoms with E-state index in [1.807, 2.05) is 18.2 Å². The van der Waals surface area contributed by atoms with Crippen LogP contribution in [0.4, 0.5) is 0 Å². The Kier molecular flexibility index (Phi) is 7.77. The van der Waals surface area contributed by atoms with Gasteiger partial charge in [-0.2, -0.15) is 0 Å². The Morgan fingerprint density at radius 1 is 1.11 bits per heavy atom. The summed E-state index contributed by atoms with van der Waals surface area (Å²) in [5, 5.41) is 6.90. The molecule has 0 radical (unpaired) electrons. The fraction of sp³-hybridized carbons (Fsp3) is 0.381. The van der Waals surface area contributed by atoms with Crippen LogP contribution in [-0.2, 0) is 6.54 Å². The predicted molar refractivity (Wildman–Crippen MR) is 121 cm³/mol. The van der Waals surface area contributed by atoms with Crippen LogP contribution in [0.1, 0.15) is 29.0 Å². The number of hydrogen-bond donors (Lipinski definition) is 2. The molecule has 2 unspecified atom stereocenters. The maximum atomic E-state index is 5.36. The molecule has 146 valence electrons. The van der Waals surface area contributed by atoms with Crippen molar-refractivity contribution in [1.29, 1.82) is 0 Å². The first-order valence-electron chi connectivity index (χ1n) is 8.90. The number of aryl methyl sites for hydroxylation is 1. The highest BCUT2D eigenvalue weighted by atomic mass is 127. The van der Waals surface area contributed by atoms with E-state index >= 15 is 0 Å². The maximum absolute atomic E-state index is 5.36. The summed E-state index contributed by atoms with van der Waals surface area (Å²) < 4.78 is 10.6. The molecule has 0 heterocycles. The average molecular weight is 481 g/mol. The molecule has 3 rings (SSSR count). The molecule has 0 spiro atoms. The molecule has 2 atom stereocenters. The fourth-order valence-electron chi connectivity index (χ4n) is 3.25. The van der Waals surface area contributed by atoms with Crippen molar-refractivity contribution in [3.63, 3.8) is 0 Å². The molecule has 1 fully saturated rings. The van der Waals surface area contributed by atoms with Crippen molar-refractivity contribution in [3.05, 3.63) is 59.2 Å². The molecule has 27 heavy (non-hydrogen) atoms. The molecule has 0 saturated heterocycles. The largest absolute Gasteiger partial charge is 0.493 e. The Morgan fingerprint density at radius 3 is 2.52 bits per heavy atom. The summed E-state index contributed by atoms with van der Waals surface area (Å²) in [6, 6.07) is 15.0.